The van der Waals surface area contributed by atoms with Gasteiger partial charge in [0.05, 0.1) is 0 Å². The lowest BCUT2D eigenvalue weighted by Crippen LogP contribution is -1.99. The molecule has 6 heteroatoms. The molecule has 0 radical (unpaired) electrons. The second-order valence-corrected chi connectivity index (χ2v) is 5.13. The first kappa shape index (κ1) is 13.4. The van der Waals surface area contributed by atoms with Gasteiger partial charge in [-0.2, -0.15) is 5.26 Å². The number of hydrogen-bond acceptors (Lipinski definition) is 6. The molecular formula is C13H13N5S. The lowest BCUT2D eigenvalue weighted by Gasteiger charge is -2.06. The second-order valence-electron chi connectivity index (χ2n) is 4.19. The molecule has 5 nitrogen and oxygen atoms in total. The van der Waals surface area contributed by atoms with E-state index in [2.05, 4.69) is 19.9 Å². The van der Waals surface area contributed by atoms with E-state index in [9.17, 15) is 0 Å². The molecule has 2 aromatic heterocycles. The van der Waals surface area contributed by atoms with E-state index in [1.54, 1.807) is 6.07 Å². The minimum atomic E-state index is 0.357. The summed E-state index contributed by atoms with van der Waals surface area (Å²) in [5.74, 6) is 0. The standard InChI is InChI=1S/C13H13N5S/c1-7-5-11(6-14)18-12(15-7)19-13-16-9(3)8(2)10(4)17-13/h5H,1-4H3. The zero-order valence-corrected chi connectivity index (χ0v) is 12.0. The van der Waals surface area contributed by atoms with E-state index < -0.39 is 0 Å². The molecule has 0 aromatic carbocycles. The topological polar surface area (TPSA) is 75.3 Å². The fourth-order valence-electron chi connectivity index (χ4n) is 1.51. The van der Waals surface area contributed by atoms with E-state index >= 15 is 0 Å². The molecule has 0 atom stereocenters. The highest BCUT2D eigenvalue weighted by molar-refractivity contribution is 7.99. The van der Waals surface area contributed by atoms with Crippen LogP contribution in [0.4, 0.5) is 0 Å². The van der Waals surface area contributed by atoms with Gasteiger partial charge in [0, 0.05) is 17.1 Å². The van der Waals surface area contributed by atoms with Crippen molar-refractivity contribution < 1.29 is 0 Å². The monoisotopic (exact) mass is 271 g/mol. The first-order chi connectivity index (χ1) is 8.99. The number of hydrogen-bond donors (Lipinski definition) is 0. The Morgan fingerprint density at radius 1 is 0.947 bits per heavy atom. The first-order valence-electron chi connectivity index (χ1n) is 5.75. The van der Waals surface area contributed by atoms with Crippen molar-refractivity contribution in [3.8, 4) is 6.07 Å². The van der Waals surface area contributed by atoms with Crippen LogP contribution in [0.2, 0.25) is 0 Å². The van der Waals surface area contributed by atoms with E-state index in [4.69, 9.17) is 5.26 Å². The SMILES string of the molecule is Cc1cc(C#N)nc(Sc2nc(C)c(C)c(C)n2)n1. The van der Waals surface area contributed by atoms with Crippen LogP contribution in [0.15, 0.2) is 16.4 Å². The van der Waals surface area contributed by atoms with Gasteiger partial charge in [-0.1, -0.05) is 0 Å². The third-order valence-electron chi connectivity index (χ3n) is 2.74. The van der Waals surface area contributed by atoms with Crippen LogP contribution in [0.1, 0.15) is 28.3 Å². The smallest absolute Gasteiger partial charge is 0.196 e. The Balaban J connectivity index is 2.36. The summed E-state index contributed by atoms with van der Waals surface area (Å²) in [7, 11) is 0. The fraction of sp³-hybridized carbons (Fsp3) is 0.308. The minimum absolute atomic E-state index is 0.357. The molecule has 0 N–H and O–H groups in total. The van der Waals surface area contributed by atoms with E-state index in [0.29, 0.717) is 16.0 Å². The van der Waals surface area contributed by atoms with Crippen molar-refractivity contribution >= 4 is 11.8 Å². The molecule has 19 heavy (non-hydrogen) atoms. The molecule has 0 spiro atoms. The van der Waals surface area contributed by atoms with Crippen LogP contribution < -0.4 is 0 Å². The third-order valence-corrected chi connectivity index (χ3v) is 3.47. The van der Waals surface area contributed by atoms with Crippen LogP contribution in [-0.2, 0) is 0 Å². The van der Waals surface area contributed by atoms with Gasteiger partial charge in [-0.25, -0.2) is 19.9 Å². The number of aryl methyl sites for hydroxylation is 3. The Hall–Kier alpha value is -2.00. The van der Waals surface area contributed by atoms with Gasteiger partial charge >= 0.3 is 0 Å². The maximum Gasteiger partial charge on any atom is 0.196 e. The molecule has 2 aromatic rings. The summed E-state index contributed by atoms with van der Waals surface area (Å²) in [6.45, 7) is 7.73. The molecule has 0 aliphatic rings. The number of nitrogens with zero attached hydrogens (tertiary/aromatic N) is 5. The van der Waals surface area contributed by atoms with E-state index in [1.807, 2.05) is 33.8 Å². The Bertz CT molecular complexity index is 652. The molecule has 0 aliphatic carbocycles. The Labute approximate surface area is 116 Å². The lowest BCUT2D eigenvalue weighted by molar-refractivity contribution is 0.862. The van der Waals surface area contributed by atoms with Crippen molar-refractivity contribution in [2.75, 3.05) is 0 Å². The highest BCUT2D eigenvalue weighted by atomic mass is 32.2. The maximum atomic E-state index is 8.90. The van der Waals surface area contributed by atoms with Crippen LogP contribution in [0.3, 0.4) is 0 Å². The van der Waals surface area contributed by atoms with Crippen molar-refractivity contribution in [1.29, 1.82) is 5.26 Å². The van der Waals surface area contributed by atoms with Crippen LogP contribution in [0, 0.1) is 39.0 Å². The summed E-state index contributed by atoms with van der Waals surface area (Å²) in [4.78, 5) is 17.2. The average molecular weight is 271 g/mol. The molecule has 0 fully saturated rings. The Morgan fingerprint density at radius 2 is 1.53 bits per heavy atom. The van der Waals surface area contributed by atoms with Crippen molar-refractivity contribution in [3.63, 3.8) is 0 Å². The summed E-state index contributed by atoms with van der Waals surface area (Å²) in [6, 6.07) is 3.67. The number of rotatable bonds is 2. The predicted molar refractivity (Wildman–Crippen MR) is 71.9 cm³/mol. The third kappa shape index (κ3) is 3.06. The molecule has 0 bridgehead atoms. The van der Waals surface area contributed by atoms with Crippen LogP contribution in [-0.4, -0.2) is 19.9 Å². The summed E-state index contributed by atoms with van der Waals surface area (Å²) in [6.07, 6.45) is 0. The molecule has 2 rings (SSSR count). The van der Waals surface area contributed by atoms with Gasteiger partial charge in [-0.3, -0.25) is 0 Å². The predicted octanol–water partition coefficient (Wildman–Crippen LogP) is 2.52. The van der Waals surface area contributed by atoms with Gasteiger partial charge in [0.25, 0.3) is 0 Å². The summed E-state index contributed by atoms with van der Waals surface area (Å²) < 4.78 is 0. The van der Waals surface area contributed by atoms with Crippen molar-refractivity contribution in [1.82, 2.24) is 19.9 Å². The zero-order valence-electron chi connectivity index (χ0n) is 11.2. The highest BCUT2D eigenvalue weighted by Crippen LogP contribution is 2.23. The summed E-state index contributed by atoms with van der Waals surface area (Å²) >= 11 is 1.27. The van der Waals surface area contributed by atoms with Crippen LogP contribution >= 0.6 is 11.8 Å². The quantitative estimate of drug-likeness (QED) is 0.781. The second kappa shape index (κ2) is 5.33. The van der Waals surface area contributed by atoms with Gasteiger partial charge in [0.15, 0.2) is 10.3 Å². The van der Waals surface area contributed by atoms with Crippen molar-refractivity contribution in [2.24, 2.45) is 0 Å². The molecule has 0 saturated heterocycles. The van der Waals surface area contributed by atoms with Crippen LogP contribution in [0.25, 0.3) is 0 Å². The first-order valence-corrected chi connectivity index (χ1v) is 6.56. The molecule has 0 unspecified atom stereocenters. The Morgan fingerprint density at radius 3 is 2.11 bits per heavy atom. The fourth-order valence-corrected chi connectivity index (χ4v) is 2.38. The summed E-state index contributed by atoms with van der Waals surface area (Å²) in [5.41, 5.74) is 4.10. The average Bonchev–Trinajstić information content (AvgIpc) is 2.35. The van der Waals surface area contributed by atoms with Crippen molar-refractivity contribution in [2.45, 2.75) is 38.0 Å². The van der Waals surface area contributed by atoms with Gasteiger partial charge in [0.2, 0.25) is 0 Å². The molecule has 0 aliphatic heterocycles. The zero-order chi connectivity index (χ0) is 14.0. The molecule has 2 heterocycles. The van der Waals surface area contributed by atoms with Crippen LogP contribution in [0.5, 0.6) is 0 Å². The Kier molecular flexibility index (Phi) is 3.76. The molecular weight excluding hydrogens is 258 g/mol. The van der Waals surface area contributed by atoms with E-state index in [0.717, 1.165) is 22.6 Å². The maximum absolute atomic E-state index is 8.90. The highest BCUT2D eigenvalue weighted by Gasteiger charge is 2.09. The minimum Gasteiger partial charge on any atom is -0.227 e. The molecule has 96 valence electrons. The molecule has 0 saturated carbocycles. The van der Waals surface area contributed by atoms with Gasteiger partial charge < -0.3 is 0 Å². The number of nitriles is 1. The van der Waals surface area contributed by atoms with Crippen molar-refractivity contribution in [3.05, 3.63) is 34.4 Å². The van der Waals surface area contributed by atoms with Gasteiger partial charge in [-0.15, -0.1) is 0 Å². The van der Waals surface area contributed by atoms with Gasteiger partial charge in [0.1, 0.15) is 11.8 Å². The van der Waals surface area contributed by atoms with E-state index in [1.165, 1.54) is 11.8 Å². The van der Waals surface area contributed by atoms with Gasteiger partial charge in [-0.05, 0) is 51.1 Å². The summed E-state index contributed by atoms with van der Waals surface area (Å²) in [5, 5.41) is 10.0. The largest absolute Gasteiger partial charge is 0.227 e. The normalized spacial score (nSPS) is 10.3. The van der Waals surface area contributed by atoms with E-state index in [-0.39, 0.29) is 0 Å². The molecule has 0 amide bonds. The lowest BCUT2D eigenvalue weighted by atomic mass is 10.2. The number of aromatic nitrogens is 4.